The largest absolute Gasteiger partial charge is 0.488 e. The Morgan fingerprint density at radius 2 is 2.04 bits per heavy atom. The zero-order chi connectivity index (χ0) is 16.2. The highest BCUT2D eigenvalue weighted by Gasteiger charge is 2.47. The molecule has 3 heterocycles. The quantitative estimate of drug-likeness (QED) is 0.832. The van der Waals surface area contributed by atoms with Crippen molar-refractivity contribution in [2.75, 3.05) is 13.1 Å². The summed E-state index contributed by atoms with van der Waals surface area (Å²) >= 11 is 0. The lowest BCUT2D eigenvalue weighted by molar-refractivity contribution is -0.00551. The van der Waals surface area contributed by atoms with Gasteiger partial charge in [-0.05, 0) is 12.1 Å². The number of hydrazone groups is 1. The van der Waals surface area contributed by atoms with Gasteiger partial charge in [0, 0.05) is 24.1 Å². The van der Waals surface area contributed by atoms with Crippen molar-refractivity contribution in [3.05, 3.63) is 47.1 Å². The molecule has 0 aromatic heterocycles. The van der Waals surface area contributed by atoms with Crippen molar-refractivity contribution in [2.24, 2.45) is 10.5 Å². The molecule has 0 amide bonds. The Labute approximate surface area is 135 Å². The van der Waals surface area contributed by atoms with Gasteiger partial charge < -0.3 is 10.1 Å². The Morgan fingerprint density at radius 3 is 2.78 bits per heavy atom. The number of halogens is 1. The minimum Gasteiger partial charge on any atom is -0.488 e. The number of hydrogen-bond donors (Lipinski definition) is 2. The third kappa shape index (κ3) is 2.20. The van der Waals surface area contributed by atoms with E-state index in [1.54, 1.807) is 12.1 Å². The summed E-state index contributed by atoms with van der Waals surface area (Å²) in [5.41, 5.74) is 4.85. The molecule has 23 heavy (non-hydrogen) atoms. The summed E-state index contributed by atoms with van der Waals surface area (Å²) in [5.74, 6) is 0.580. The summed E-state index contributed by atoms with van der Waals surface area (Å²) < 4.78 is 20.6. The zero-order valence-electron chi connectivity index (χ0n) is 13.6. The van der Waals surface area contributed by atoms with Gasteiger partial charge in [0.25, 0.3) is 0 Å². The van der Waals surface area contributed by atoms with E-state index in [0.717, 1.165) is 24.5 Å². The Bertz CT molecular complexity index is 707. The first kappa shape index (κ1) is 14.5. The van der Waals surface area contributed by atoms with Crippen LogP contribution in [0.3, 0.4) is 0 Å². The standard InChI is InChI=1S/C17H21FN4O/c1-17(2,3)16-15-14(10-6-4-5-7-11(10)18)20-21-22(15)12-8-19-9-13(12)23-16/h4-7,12-13,19,21H,8-9H2,1-3H3/t12-,13-/m1/s1. The van der Waals surface area contributed by atoms with Gasteiger partial charge in [-0.15, -0.1) is 0 Å². The number of nitrogens with zero attached hydrogens (tertiary/aromatic N) is 2. The fraction of sp³-hybridized carbons (Fsp3) is 0.471. The maximum absolute atomic E-state index is 14.3. The molecule has 2 atom stereocenters. The zero-order valence-corrected chi connectivity index (χ0v) is 13.6. The minimum absolute atomic E-state index is 0.0793. The molecule has 0 spiro atoms. The van der Waals surface area contributed by atoms with Crippen molar-refractivity contribution in [2.45, 2.75) is 32.9 Å². The van der Waals surface area contributed by atoms with Gasteiger partial charge in [-0.1, -0.05) is 32.9 Å². The molecule has 0 unspecified atom stereocenters. The van der Waals surface area contributed by atoms with Gasteiger partial charge in [0.2, 0.25) is 0 Å². The average molecular weight is 316 g/mol. The van der Waals surface area contributed by atoms with E-state index < -0.39 is 0 Å². The highest BCUT2D eigenvalue weighted by molar-refractivity contribution is 6.13. The smallest absolute Gasteiger partial charge is 0.134 e. The molecule has 1 fully saturated rings. The summed E-state index contributed by atoms with van der Waals surface area (Å²) in [4.78, 5) is 0. The van der Waals surface area contributed by atoms with Crippen LogP contribution < -0.4 is 10.9 Å². The third-order valence-corrected chi connectivity index (χ3v) is 4.49. The van der Waals surface area contributed by atoms with Crippen LogP contribution in [-0.2, 0) is 4.74 Å². The number of fused-ring (bicyclic) bond motifs is 3. The van der Waals surface area contributed by atoms with Crippen LogP contribution in [0.15, 0.2) is 40.8 Å². The maximum Gasteiger partial charge on any atom is 0.134 e. The number of benzene rings is 1. The molecule has 0 bridgehead atoms. The summed E-state index contributed by atoms with van der Waals surface area (Å²) in [5, 5.41) is 9.82. The first-order chi connectivity index (χ1) is 11.0. The molecule has 1 saturated heterocycles. The van der Waals surface area contributed by atoms with Crippen LogP contribution in [0.4, 0.5) is 4.39 Å². The van der Waals surface area contributed by atoms with Gasteiger partial charge in [0.15, 0.2) is 0 Å². The predicted molar refractivity (Wildman–Crippen MR) is 85.9 cm³/mol. The number of nitrogens with one attached hydrogen (secondary N) is 2. The first-order valence-corrected chi connectivity index (χ1v) is 7.97. The van der Waals surface area contributed by atoms with Crippen molar-refractivity contribution in [1.29, 1.82) is 0 Å². The van der Waals surface area contributed by atoms with E-state index >= 15 is 0 Å². The molecule has 6 heteroatoms. The van der Waals surface area contributed by atoms with E-state index in [1.165, 1.54) is 6.07 Å². The van der Waals surface area contributed by atoms with Crippen molar-refractivity contribution in [1.82, 2.24) is 15.9 Å². The van der Waals surface area contributed by atoms with Gasteiger partial charge in [-0.2, -0.15) is 5.10 Å². The number of ether oxygens (including phenoxy) is 1. The molecule has 0 radical (unpaired) electrons. The minimum atomic E-state index is -0.276. The van der Waals surface area contributed by atoms with Crippen LogP contribution in [0.25, 0.3) is 0 Å². The van der Waals surface area contributed by atoms with Crippen LogP contribution in [0, 0.1) is 11.2 Å². The first-order valence-electron chi connectivity index (χ1n) is 7.97. The molecule has 3 aliphatic heterocycles. The molecule has 5 nitrogen and oxygen atoms in total. The van der Waals surface area contributed by atoms with Crippen LogP contribution >= 0.6 is 0 Å². The molecule has 2 N–H and O–H groups in total. The molecule has 3 aliphatic rings. The lowest BCUT2D eigenvalue weighted by atomic mass is 9.88. The molecule has 1 aromatic carbocycles. The number of allylic oxidation sites excluding steroid dienone is 2. The normalized spacial score (nSPS) is 26.4. The second-order valence-electron chi connectivity index (χ2n) is 7.22. The molecule has 0 aliphatic carbocycles. The fourth-order valence-electron chi connectivity index (χ4n) is 3.38. The molecule has 0 saturated carbocycles. The van der Waals surface area contributed by atoms with Crippen LogP contribution in [0.1, 0.15) is 26.3 Å². The highest BCUT2D eigenvalue weighted by Crippen LogP contribution is 2.40. The predicted octanol–water partition coefficient (Wildman–Crippen LogP) is 1.98. The Balaban J connectivity index is 1.86. The Hall–Kier alpha value is -2.08. The summed E-state index contributed by atoms with van der Waals surface area (Å²) in [7, 11) is 0. The third-order valence-electron chi connectivity index (χ3n) is 4.49. The SMILES string of the molecule is CC(C)(C)C1=C2C(c3ccccc3F)=NNN2[C@@H]2CNC[C@H]2O1. The van der Waals surface area contributed by atoms with E-state index in [9.17, 15) is 4.39 Å². The van der Waals surface area contributed by atoms with E-state index in [2.05, 4.69) is 36.7 Å². The topological polar surface area (TPSA) is 48.9 Å². The van der Waals surface area contributed by atoms with Crippen molar-refractivity contribution in [3.63, 3.8) is 0 Å². The highest BCUT2D eigenvalue weighted by atomic mass is 19.1. The maximum atomic E-state index is 14.3. The fourth-order valence-corrected chi connectivity index (χ4v) is 3.38. The van der Waals surface area contributed by atoms with Gasteiger partial charge in [0.05, 0.1) is 0 Å². The monoisotopic (exact) mass is 316 g/mol. The van der Waals surface area contributed by atoms with E-state index in [-0.39, 0.29) is 23.4 Å². The van der Waals surface area contributed by atoms with Crippen molar-refractivity contribution < 1.29 is 9.13 Å². The summed E-state index contributed by atoms with van der Waals surface area (Å²) in [6, 6.07) is 6.88. The molecular weight excluding hydrogens is 295 g/mol. The number of rotatable bonds is 1. The van der Waals surface area contributed by atoms with Crippen molar-refractivity contribution in [3.8, 4) is 0 Å². The van der Waals surface area contributed by atoms with Gasteiger partial charge in [-0.3, -0.25) is 5.01 Å². The van der Waals surface area contributed by atoms with E-state index in [0.29, 0.717) is 11.3 Å². The lowest BCUT2D eigenvalue weighted by Crippen LogP contribution is -2.52. The van der Waals surface area contributed by atoms with Crippen molar-refractivity contribution >= 4 is 5.71 Å². The van der Waals surface area contributed by atoms with Gasteiger partial charge in [0.1, 0.15) is 35.1 Å². The molecule has 4 rings (SSSR count). The molecule has 122 valence electrons. The molecular formula is C17H21FN4O. The Kier molecular flexibility index (Phi) is 3.13. The van der Waals surface area contributed by atoms with Gasteiger partial charge in [-0.25, -0.2) is 9.93 Å². The lowest BCUT2D eigenvalue weighted by Gasteiger charge is -2.40. The second kappa shape index (κ2) is 4.96. The summed E-state index contributed by atoms with van der Waals surface area (Å²) in [6.45, 7) is 7.94. The summed E-state index contributed by atoms with van der Waals surface area (Å²) in [6.07, 6.45) is 0.0793. The van der Waals surface area contributed by atoms with E-state index in [1.807, 2.05) is 11.1 Å². The molecule has 1 aromatic rings. The average Bonchev–Trinajstić information content (AvgIpc) is 3.11. The van der Waals surface area contributed by atoms with Crippen LogP contribution in [-0.4, -0.2) is 36.0 Å². The Morgan fingerprint density at radius 1 is 1.26 bits per heavy atom. The van der Waals surface area contributed by atoms with E-state index in [4.69, 9.17) is 4.74 Å². The number of hydrazine groups is 1. The van der Waals surface area contributed by atoms with Crippen LogP contribution in [0.5, 0.6) is 0 Å². The van der Waals surface area contributed by atoms with Crippen LogP contribution in [0.2, 0.25) is 0 Å². The van der Waals surface area contributed by atoms with Gasteiger partial charge >= 0.3 is 0 Å². The number of hydrogen-bond acceptors (Lipinski definition) is 5. The second-order valence-corrected chi connectivity index (χ2v) is 7.22.